The molecule has 0 spiro atoms. The molecule has 1 aromatic heterocycles. The predicted octanol–water partition coefficient (Wildman–Crippen LogP) is 5.38. The lowest BCUT2D eigenvalue weighted by Crippen LogP contribution is -2.26. The highest BCUT2D eigenvalue weighted by Crippen LogP contribution is 2.25. The molecule has 1 heterocycles. The van der Waals surface area contributed by atoms with E-state index in [2.05, 4.69) is 47.1 Å². The van der Waals surface area contributed by atoms with Crippen LogP contribution in [0.25, 0.3) is 5.69 Å². The molecule has 0 aliphatic heterocycles. The van der Waals surface area contributed by atoms with E-state index in [1.165, 1.54) is 0 Å². The van der Waals surface area contributed by atoms with Gasteiger partial charge in [-0.25, -0.2) is 5.43 Å². The third-order valence-electron chi connectivity index (χ3n) is 5.39. The normalized spacial score (nSPS) is 11.2. The summed E-state index contributed by atoms with van der Waals surface area (Å²) in [6, 6.07) is 31.8. The van der Waals surface area contributed by atoms with Gasteiger partial charge in [0.05, 0.1) is 12.1 Å². The Morgan fingerprint density at radius 2 is 1.35 bits per heavy atom. The van der Waals surface area contributed by atoms with Crippen LogP contribution in [0.3, 0.4) is 0 Å². The monoisotopic (exact) mass is 407 g/mol. The summed E-state index contributed by atoms with van der Waals surface area (Å²) in [6.07, 6.45) is 1.72. The first kappa shape index (κ1) is 20.4. The van der Waals surface area contributed by atoms with Gasteiger partial charge in [0, 0.05) is 22.6 Å². The fourth-order valence-electron chi connectivity index (χ4n) is 3.91. The van der Waals surface area contributed by atoms with Crippen molar-refractivity contribution in [3.8, 4) is 5.69 Å². The van der Waals surface area contributed by atoms with Crippen molar-refractivity contribution in [1.29, 1.82) is 0 Å². The Bertz CT molecular complexity index is 1140. The van der Waals surface area contributed by atoms with Crippen molar-refractivity contribution in [3.05, 3.63) is 125 Å². The molecule has 31 heavy (non-hydrogen) atoms. The Labute approximate surface area is 182 Å². The summed E-state index contributed by atoms with van der Waals surface area (Å²) >= 11 is 0. The zero-order valence-electron chi connectivity index (χ0n) is 17.7. The molecule has 0 aliphatic carbocycles. The number of hydrazone groups is 1. The molecule has 4 nitrogen and oxygen atoms in total. The van der Waals surface area contributed by atoms with Crippen molar-refractivity contribution >= 4 is 12.1 Å². The van der Waals surface area contributed by atoms with E-state index < -0.39 is 5.92 Å². The molecule has 0 saturated carbocycles. The standard InChI is InChI=1S/C27H25N3O/c1-20-18-24(21(2)30(20)25-16-10-5-11-17-25)19-28-29-27(31)26(22-12-6-3-7-13-22)23-14-8-4-9-15-23/h3-19,26H,1-2H3,(H,29,31)/b28-19-. The van der Waals surface area contributed by atoms with Crippen molar-refractivity contribution in [2.75, 3.05) is 0 Å². The van der Waals surface area contributed by atoms with E-state index >= 15 is 0 Å². The Morgan fingerprint density at radius 3 is 1.90 bits per heavy atom. The number of aromatic nitrogens is 1. The summed E-state index contributed by atoms with van der Waals surface area (Å²) in [5, 5.41) is 4.28. The van der Waals surface area contributed by atoms with E-state index in [4.69, 9.17) is 0 Å². The number of aryl methyl sites for hydroxylation is 1. The average Bonchev–Trinajstić information content (AvgIpc) is 3.09. The van der Waals surface area contributed by atoms with Crippen LogP contribution >= 0.6 is 0 Å². The SMILES string of the molecule is Cc1cc(/C=N\NC(=O)C(c2ccccc2)c2ccccc2)c(C)n1-c1ccccc1. The highest BCUT2D eigenvalue weighted by atomic mass is 16.2. The van der Waals surface area contributed by atoms with Crippen molar-refractivity contribution in [3.63, 3.8) is 0 Å². The summed E-state index contributed by atoms with van der Waals surface area (Å²) in [5.41, 5.74) is 8.88. The van der Waals surface area contributed by atoms with Gasteiger partial charge in [0.25, 0.3) is 5.91 Å². The third-order valence-corrected chi connectivity index (χ3v) is 5.39. The second-order valence-corrected chi connectivity index (χ2v) is 7.49. The summed E-state index contributed by atoms with van der Waals surface area (Å²) < 4.78 is 2.18. The van der Waals surface area contributed by atoms with Gasteiger partial charge in [-0.1, -0.05) is 78.9 Å². The lowest BCUT2D eigenvalue weighted by molar-refractivity contribution is -0.121. The molecule has 4 aromatic rings. The number of nitrogens with zero attached hydrogens (tertiary/aromatic N) is 2. The van der Waals surface area contributed by atoms with Gasteiger partial charge in [0.15, 0.2) is 0 Å². The maximum Gasteiger partial charge on any atom is 0.252 e. The number of para-hydroxylation sites is 1. The molecular weight excluding hydrogens is 382 g/mol. The molecule has 3 aromatic carbocycles. The maximum atomic E-state index is 13.1. The van der Waals surface area contributed by atoms with Crippen LogP contribution in [0, 0.1) is 13.8 Å². The molecule has 0 unspecified atom stereocenters. The molecular formula is C27H25N3O. The summed E-state index contributed by atoms with van der Waals surface area (Å²) in [4.78, 5) is 13.1. The van der Waals surface area contributed by atoms with Crippen molar-refractivity contribution in [2.24, 2.45) is 5.10 Å². The molecule has 4 heteroatoms. The Kier molecular flexibility index (Phi) is 6.08. The van der Waals surface area contributed by atoms with E-state index in [-0.39, 0.29) is 5.91 Å². The Balaban J connectivity index is 1.56. The second-order valence-electron chi connectivity index (χ2n) is 7.49. The van der Waals surface area contributed by atoms with Gasteiger partial charge in [-0.2, -0.15) is 5.10 Å². The number of rotatable bonds is 6. The highest BCUT2D eigenvalue weighted by molar-refractivity contribution is 5.89. The average molecular weight is 408 g/mol. The zero-order chi connectivity index (χ0) is 21.6. The smallest absolute Gasteiger partial charge is 0.252 e. The molecule has 1 N–H and O–H groups in total. The molecule has 0 fully saturated rings. The molecule has 0 aliphatic rings. The van der Waals surface area contributed by atoms with E-state index in [1.54, 1.807) is 6.21 Å². The van der Waals surface area contributed by atoms with E-state index in [0.717, 1.165) is 33.8 Å². The lowest BCUT2D eigenvalue weighted by atomic mass is 9.91. The molecule has 1 amide bonds. The van der Waals surface area contributed by atoms with Crippen LogP contribution in [0.5, 0.6) is 0 Å². The molecule has 154 valence electrons. The van der Waals surface area contributed by atoms with E-state index in [1.807, 2.05) is 78.9 Å². The summed E-state index contributed by atoms with van der Waals surface area (Å²) in [6.45, 7) is 4.12. The van der Waals surface area contributed by atoms with Gasteiger partial charge in [-0.3, -0.25) is 4.79 Å². The van der Waals surface area contributed by atoms with Crippen molar-refractivity contribution in [1.82, 2.24) is 9.99 Å². The van der Waals surface area contributed by atoms with Crippen LogP contribution in [0.2, 0.25) is 0 Å². The zero-order valence-corrected chi connectivity index (χ0v) is 17.7. The molecule has 0 atom stereocenters. The topological polar surface area (TPSA) is 46.4 Å². The van der Waals surface area contributed by atoms with Crippen LogP contribution in [0.4, 0.5) is 0 Å². The third kappa shape index (κ3) is 4.48. The minimum Gasteiger partial charge on any atom is -0.318 e. The number of carbonyl (C=O) groups excluding carboxylic acids is 1. The number of hydrogen-bond acceptors (Lipinski definition) is 2. The van der Waals surface area contributed by atoms with Gasteiger partial charge in [-0.15, -0.1) is 0 Å². The maximum absolute atomic E-state index is 13.1. The lowest BCUT2D eigenvalue weighted by Gasteiger charge is -2.16. The van der Waals surface area contributed by atoms with Gasteiger partial charge in [-0.05, 0) is 43.2 Å². The molecule has 0 bridgehead atoms. The van der Waals surface area contributed by atoms with Crippen molar-refractivity contribution < 1.29 is 4.79 Å². The summed E-state index contributed by atoms with van der Waals surface area (Å²) in [5.74, 6) is -0.582. The van der Waals surface area contributed by atoms with Gasteiger partial charge >= 0.3 is 0 Å². The number of amides is 1. The Hall–Kier alpha value is -3.92. The molecule has 0 radical (unpaired) electrons. The van der Waals surface area contributed by atoms with Crippen LogP contribution in [-0.4, -0.2) is 16.7 Å². The van der Waals surface area contributed by atoms with E-state index in [9.17, 15) is 4.79 Å². The second kappa shape index (κ2) is 9.26. The van der Waals surface area contributed by atoms with Crippen molar-refractivity contribution in [2.45, 2.75) is 19.8 Å². The van der Waals surface area contributed by atoms with Crippen LogP contribution in [-0.2, 0) is 4.79 Å². The highest BCUT2D eigenvalue weighted by Gasteiger charge is 2.22. The quantitative estimate of drug-likeness (QED) is 0.339. The summed E-state index contributed by atoms with van der Waals surface area (Å²) in [7, 11) is 0. The van der Waals surface area contributed by atoms with E-state index in [0.29, 0.717) is 0 Å². The molecule has 4 rings (SSSR count). The van der Waals surface area contributed by atoms with Crippen LogP contribution < -0.4 is 5.43 Å². The number of carbonyl (C=O) groups is 1. The number of nitrogens with one attached hydrogen (secondary N) is 1. The largest absolute Gasteiger partial charge is 0.318 e. The first-order valence-corrected chi connectivity index (χ1v) is 10.3. The number of benzene rings is 3. The van der Waals surface area contributed by atoms with Crippen LogP contribution in [0.1, 0.15) is 34.0 Å². The fourth-order valence-corrected chi connectivity index (χ4v) is 3.91. The molecule has 0 saturated heterocycles. The fraction of sp³-hybridized carbons (Fsp3) is 0.111. The first-order chi connectivity index (χ1) is 15.1. The Morgan fingerprint density at radius 1 is 0.839 bits per heavy atom. The minimum absolute atomic E-state index is 0.162. The van der Waals surface area contributed by atoms with Crippen LogP contribution in [0.15, 0.2) is 102 Å². The van der Waals surface area contributed by atoms with Gasteiger partial charge in [0.1, 0.15) is 0 Å². The minimum atomic E-state index is -0.420. The van der Waals surface area contributed by atoms with Gasteiger partial charge < -0.3 is 4.57 Å². The van der Waals surface area contributed by atoms with Gasteiger partial charge in [0.2, 0.25) is 0 Å². The number of hydrogen-bond donors (Lipinski definition) is 1. The first-order valence-electron chi connectivity index (χ1n) is 10.3. The predicted molar refractivity (Wildman–Crippen MR) is 126 cm³/mol.